The maximum absolute atomic E-state index is 5.73. The summed E-state index contributed by atoms with van der Waals surface area (Å²) in [6, 6.07) is 0. The van der Waals surface area contributed by atoms with E-state index >= 15 is 0 Å². The molecule has 2 saturated heterocycles. The van der Waals surface area contributed by atoms with Crippen molar-refractivity contribution in [3.05, 3.63) is 0 Å². The standard InChI is InChI=1S/C11H23N3O/c1-10-9-12-11(15-10)3-4-14-7-5-13(2)6-8-14/h10-12H,3-9H2,1-2H3. The van der Waals surface area contributed by atoms with E-state index in [0.717, 1.165) is 19.5 Å². The number of rotatable bonds is 3. The molecule has 2 unspecified atom stereocenters. The second kappa shape index (κ2) is 5.25. The molecule has 2 aliphatic rings. The summed E-state index contributed by atoms with van der Waals surface area (Å²) in [5.74, 6) is 0. The Balaban J connectivity index is 1.61. The van der Waals surface area contributed by atoms with Crippen molar-refractivity contribution in [2.75, 3.05) is 46.3 Å². The number of nitrogens with zero attached hydrogens (tertiary/aromatic N) is 2. The molecule has 0 aromatic rings. The van der Waals surface area contributed by atoms with Crippen LogP contribution in [0.2, 0.25) is 0 Å². The summed E-state index contributed by atoms with van der Waals surface area (Å²) in [7, 11) is 2.20. The Bertz CT molecular complexity index is 192. The van der Waals surface area contributed by atoms with Gasteiger partial charge >= 0.3 is 0 Å². The number of piperazine rings is 1. The van der Waals surface area contributed by atoms with Crippen LogP contribution in [0, 0.1) is 0 Å². The van der Waals surface area contributed by atoms with Gasteiger partial charge in [0.15, 0.2) is 0 Å². The normalized spacial score (nSPS) is 34.8. The van der Waals surface area contributed by atoms with Crippen LogP contribution in [0.15, 0.2) is 0 Å². The summed E-state index contributed by atoms with van der Waals surface area (Å²) in [6.45, 7) is 9.12. The molecule has 2 atom stereocenters. The van der Waals surface area contributed by atoms with E-state index in [0.29, 0.717) is 12.3 Å². The van der Waals surface area contributed by atoms with Crippen LogP contribution in [-0.2, 0) is 4.74 Å². The van der Waals surface area contributed by atoms with E-state index in [2.05, 4.69) is 29.1 Å². The molecule has 2 aliphatic heterocycles. The van der Waals surface area contributed by atoms with Gasteiger partial charge in [-0.15, -0.1) is 0 Å². The van der Waals surface area contributed by atoms with Gasteiger partial charge in [0.25, 0.3) is 0 Å². The summed E-state index contributed by atoms with van der Waals surface area (Å²) < 4.78 is 5.73. The van der Waals surface area contributed by atoms with Gasteiger partial charge in [0.05, 0.1) is 6.10 Å². The summed E-state index contributed by atoms with van der Waals surface area (Å²) in [4.78, 5) is 4.93. The maximum Gasteiger partial charge on any atom is 0.109 e. The largest absolute Gasteiger partial charge is 0.359 e. The van der Waals surface area contributed by atoms with Crippen LogP contribution in [0.1, 0.15) is 13.3 Å². The first-order valence-electron chi connectivity index (χ1n) is 6.04. The van der Waals surface area contributed by atoms with E-state index in [1.165, 1.54) is 26.2 Å². The molecule has 0 aromatic carbocycles. The van der Waals surface area contributed by atoms with Crippen LogP contribution in [0.3, 0.4) is 0 Å². The van der Waals surface area contributed by atoms with Gasteiger partial charge in [-0.2, -0.15) is 0 Å². The van der Waals surface area contributed by atoms with Crippen molar-refractivity contribution in [3.63, 3.8) is 0 Å². The van der Waals surface area contributed by atoms with E-state index in [4.69, 9.17) is 4.74 Å². The van der Waals surface area contributed by atoms with E-state index < -0.39 is 0 Å². The fraction of sp³-hybridized carbons (Fsp3) is 1.00. The second-order valence-electron chi connectivity index (χ2n) is 4.78. The third-order valence-corrected chi connectivity index (χ3v) is 3.33. The van der Waals surface area contributed by atoms with Crippen molar-refractivity contribution in [1.29, 1.82) is 0 Å². The first-order valence-corrected chi connectivity index (χ1v) is 6.04. The zero-order chi connectivity index (χ0) is 10.7. The SMILES string of the molecule is CC1CNC(CCN2CCN(C)CC2)O1. The van der Waals surface area contributed by atoms with Crippen LogP contribution in [0.25, 0.3) is 0 Å². The molecule has 0 saturated carbocycles. The lowest BCUT2D eigenvalue weighted by atomic mass is 10.3. The van der Waals surface area contributed by atoms with Crippen LogP contribution in [0.5, 0.6) is 0 Å². The monoisotopic (exact) mass is 213 g/mol. The molecule has 88 valence electrons. The Kier molecular flexibility index (Phi) is 3.97. The molecule has 0 amide bonds. The van der Waals surface area contributed by atoms with E-state index in [1.54, 1.807) is 0 Å². The topological polar surface area (TPSA) is 27.7 Å². The molecule has 2 fully saturated rings. The molecule has 2 heterocycles. The van der Waals surface area contributed by atoms with Gasteiger partial charge in [-0.05, 0) is 20.4 Å². The zero-order valence-corrected chi connectivity index (χ0v) is 9.91. The summed E-state index contributed by atoms with van der Waals surface area (Å²) >= 11 is 0. The Hall–Kier alpha value is -0.160. The Labute approximate surface area is 92.6 Å². The van der Waals surface area contributed by atoms with Gasteiger partial charge in [0.2, 0.25) is 0 Å². The highest BCUT2D eigenvalue weighted by Gasteiger charge is 2.22. The third kappa shape index (κ3) is 3.41. The fourth-order valence-electron chi connectivity index (χ4n) is 2.22. The Morgan fingerprint density at radius 3 is 2.60 bits per heavy atom. The fourth-order valence-corrected chi connectivity index (χ4v) is 2.22. The van der Waals surface area contributed by atoms with Crippen LogP contribution >= 0.6 is 0 Å². The number of hydrogen-bond acceptors (Lipinski definition) is 4. The molecule has 4 heteroatoms. The minimum atomic E-state index is 0.291. The molecule has 0 aliphatic carbocycles. The quantitative estimate of drug-likeness (QED) is 0.712. The maximum atomic E-state index is 5.73. The predicted molar refractivity (Wildman–Crippen MR) is 60.9 cm³/mol. The third-order valence-electron chi connectivity index (χ3n) is 3.33. The molecule has 15 heavy (non-hydrogen) atoms. The summed E-state index contributed by atoms with van der Waals surface area (Å²) in [5, 5.41) is 3.40. The van der Waals surface area contributed by atoms with Crippen LogP contribution in [0.4, 0.5) is 0 Å². The summed E-state index contributed by atoms with van der Waals surface area (Å²) in [6.07, 6.45) is 1.80. The van der Waals surface area contributed by atoms with Crippen molar-refractivity contribution >= 4 is 0 Å². The molecule has 4 nitrogen and oxygen atoms in total. The first-order chi connectivity index (χ1) is 7.24. The van der Waals surface area contributed by atoms with Crippen LogP contribution < -0.4 is 5.32 Å². The lowest BCUT2D eigenvalue weighted by molar-refractivity contribution is 0.0353. The van der Waals surface area contributed by atoms with E-state index in [1.807, 2.05) is 0 Å². The van der Waals surface area contributed by atoms with Crippen molar-refractivity contribution in [2.45, 2.75) is 25.7 Å². The Morgan fingerprint density at radius 1 is 1.27 bits per heavy atom. The van der Waals surface area contributed by atoms with Crippen LogP contribution in [-0.4, -0.2) is 68.4 Å². The highest BCUT2D eigenvalue weighted by molar-refractivity contribution is 4.74. The number of nitrogens with one attached hydrogen (secondary N) is 1. The molecule has 0 radical (unpaired) electrons. The average Bonchev–Trinajstić information content (AvgIpc) is 2.64. The molecular formula is C11H23N3O. The molecule has 0 spiro atoms. The van der Waals surface area contributed by atoms with E-state index in [-0.39, 0.29) is 0 Å². The minimum Gasteiger partial charge on any atom is -0.359 e. The summed E-state index contributed by atoms with van der Waals surface area (Å²) in [5.41, 5.74) is 0. The van der Waals surface area contributed by atoms with Crippen molar-refractivity contribution in [2.24, 2.45) is 0 Å². The lowest BCUT2D eigenvalue weighted by Crippen LogP contribution is -2.45. The highest BCUT2D eigenvalue weighted by Crippen LogP contribution is 2.09. The van der Waals surface area contributed by atoms with Gasteiger partial charge in [-0.25, -0.2) is 0 Å². The zero-order valence-electron chi connectivity index (χ0n) is 9.91. The van der Waals surface area contributed by atoms with Gasteiger partial charge in [0.1, 0.15) is 6.23 Å². The highest BCUT2D eigenvalue weighted by atomic mass is 16.5. The molecule has 2 rings (SSSR count). The Morgan fingerprint density at radius 2 is 2.00 bits per heavy atom. The van der Waals surface area contributed by atoms with Gasteiger partial charge in [-0.3, -0.25) is 5.32 Å². The number of hydrogen-bond donors (Lipinski definition) is 1. The second-order valence-corrected chi connectivity index (χ2v) is 4.78. The van der Waals surface area contributed by atoms with Crippen molar-refractivity contribution in [1.82, 2.24) is 15.1 Å². The minimum absolute atomic E-state index is 0.291. The molecular weight excluding hydrogens is 190 g/mol. The van der Waals surface area contributed by atoms with Gasteiger partial charge < -0.3 is 14.5 Å². The van der Waals surface area contributed by atoms with Gasteiger partial charge in [-0.1, -0.05) is 0 Å². The van der Waals surface area contributed by atoms with Crippen molar-refractivity contribution in [3.8, 4) is 0 Å². The first kappa shape index (κ1) is 11.3. The average molecular weight is 213 g/mol. The lowest BCUT2D eigenvalue weighted by Gasteiger charge is -2.32. The number of ether oxygens (including phenoxy) is 1. The predicted octanol–water partition coefficient (Wildman–Crippen LogP) is -0.0417. The smallest absolute Gasteiger partial charge is 0.109 e. The number of likely N-dealkylation sites (N-methyl/N-ethyl adjacent to an activating group) is 1. The molecule has 0 bridgehead atoms. The van der Waals surface area contributed by atoms with Crippen molar-refractivity contribution < 1.29 is 4.74 Å². The van der Waals surface area contributed by atoms with E-state index in [9.17, 15) is 0 Å². The molecule has 1 N–H and O–H groups in total. The van der Waals surface area contributed by atoms with Gasteiger partial charge in [0, 0.05) is 39.3 Å². The molecule has 0 aromatic heterocycles.